The Morgan fingerprint density at radius 1 is 1.23 bits per heavy atom. The number of rotatable bonds is 6. The third kappa shape index (κ3) is 3.34. The minimum absolute atomic E-state index is 0.0952. The first-order valence-electron chi connectivity index (χ1n) is 9.28. The van der Waals surface area contributed by atoms with Gasteiger partial charge in [0.25, 0.3) is 5.92 Å². The van der Waals surface area contributed by atoms with Gasteiger partial charge in [-0.1, -0.05) is 0 Å². The fourth-order valence-corrected chi connectivity index (χ4v) is 3.90. The summed E-state index contributed by atoms with van der Waals surface area (Å²) in [6.45, 7) is 1.82. The third-order valence-electron chi connectivity index (χ3n) is 5.97. The maximum absolute atomic E-state index is 13.1. The highest BCUT2D eigenvalue weighted by molar-refractivity contribution is 5.91. The Hall–Kier alpha value is -1.60. The van der Waals surface area contributed by atoms with E-state index >= 15 is 0 Å². The second kappa shape index (κ2) is 5.96. The lowest BCUT2D eigenvalue weighted by atomic mass is 9.78. The van der Waals surface area contributed by atoms with E-state index in [4.69, 9.17) is 0 Å². The van der Waals surface area contributed by atoms with Gasteiger partial charge >= 0.3 is 0 Å². The molecule has 0 spiro atoms. The minimum Gasteiger partial charge on any atom is -0.311 e. The van der Waals surface area contributed by atoms with Crippen LogP contribution >= 0.6 is 0 Å². The van der Waals surface area contributed by atoms with Gasteiger partial charge in [0.15, 0.2) is 0 Å². The van der Waals surface area contributed by atoms with E-state index in [9.17, 15) is 22.4 Å². The van der Waals surface area contributed by atoms with E-state index in [0.29, 0.717) is 12.2 Å². The molecule has 3 aliphatic carbocycles. The van der Waals surface area contributed by atoms with E-state index in [0.717, 1.165) is 30.5 Å². The van der Waals surface area contributed by atoms with Crippen molar-refractivity contribution < 1.29 is 22.4 Å². The fourth-order valence-electron chi connectivity index (χ4n) is 3.90. The maximum Gasteiger partial charge on any atom is 0.252 e. The van der Waals surface area contributed by atoms with E-state index in [-0.39, 0.29) is 37.6 Å². The fraction of sp³-hybridized carbons (Fsp3) is 0.778. The van der Waals surface area contributed by atoms with E-state index in [2.05, 4.69) is 10.4 Å². The van der Waals surface area contributed by atoms with Gasteiger partial charge in [0, 0.05) is 37.2 Å². The Bertz CT molecular complexity index is 718. The first kappa shape index (κ1) is 17.8. The highest BCUT2D eigenvalue weighted by Gasteiger charge is 2.57. The van der Waals surface area contributed by atoms with Crippen LogP contribution in [-0.2, 0) is 11.2 Å². The zero-order valence-corrected chi connectivity index (χ0v) is 14.7. The van der Waals surface area contributed by atoms with Crippen LogP contribution in [0, 0.1) is 18.8 Å². The summed E-state index contributed by atoms with van der Waals surface area (Å²) < 4.78 is 54.0. The normalized spacial score (nSPS) is 26.9. The predicted octanol–water partition coefficient (Wildman–Crippen LogP) is 4.49. The molecule has 0 bridgehead atoms. The molecule has 1 N–H and O–H groups in total. The molecule has 1 aromatic heterocycles. The van der Waals surface area contributed by atoms with Crippen LogP contribution < -0.4 is 5.32 Å². The van der Waals surface area contributed by atoms with Gasteiger partial charge in [-0.25, -0.2) is 22.2 Å². The Kier molecular flexibility index (Phi) is 4.08. The van der Waals surface area contributed by atoms with Crippen molar-refractivity contribution in [2.24, 2.45) is 11.8 Å². The predicted molar refractivity (Wildman–Crippen MR) is 87.5 cm³/mol. The highest BCUT2D eigenvalue weighted by atomic mass is 19.3. The van der Waals surface area contributed by atoms with Gasteiger partial charge in [-0.3, -0.25) is 4.79 Å². The van der Waals surface area contributed by atoms with Crippen LogP contribution in [0.25, 0.3) is 0 Å². The summed E-state index contributed by atoms with van der Waals surface area (Å²) in [5.41, 5.74) is 1.49. The molecular weight excluding hydrogens is 350 g/mol. The number of aromatic nitrogens is 2. The lowest BCUT2D eigenvalue weighted by Crippen LogP contribution is -2.36. The highest BCUT2D eigenvalue weighted by Crippen LogP contribution is 2.51. The molecular formula is C18H23F4N3O. The van der Waals surface area contributed by atoms with Crippen molar-refractivity contribution in [3.63, 3.8) is 0 Å². The van der Waals surface area contributed by atoms with E-state index in [1.165, 1.54) is 0 Å². The molecule has 1 atom stereocenters. The van der Waals surface area contributed by atoms with Gasteiger partial charge in [-0.05, 0) is 38.5 Å². The molecule has 8 heteroatoms. The van der Waals surface area contributed by atoms with Crippen molar-refractivity contribution in [2.75, 3.05) is 5.32 Å². The van der Waals surface area contributed by atoms with Crippen molar-refractivity contribution in [1.82, 2.24) is 9.78 Å². The number of carbonyl (C=O) groups excluding carboxylic acids is 1. The number of carbonyl (C=O) groups is 1. The number of nitrogens with one attached hydrogen (secondary N) is 1. The van der Waals surface area contributed by atoms with Crippen molar-refractivity contribution >= 4 is 11.7 Å². The molecule has 1 heterocycles. The Morgan fingerprint density at radius 3 is 2.38 bits per heavy atom. The second-order valence-electron chi connectivity index (χ2n) is 8.20. The van der Waals surface area contributed by atoms with E-state index in [1.807, 2.05) is 6.92 Å². The third-order valence-corrected chi connectivity index (χ3v) is 5.97. The lowest BCUT2D eigenvalue weighted by Gasteiger charge is -2.34. The lowest BCUT2D eigenvalue weighted by molar-refractivity contribution is -0.117. The van der Waals surface area contributed by atoms with E-state index in [1.54, 1.807) is 4.68 Å². The molecule has 1 unspecified atom stereocenters. The smallest absolute Gasteiger partial charge is 0.252 e. The number of hydrogen-bond donors (Lipinski definition) is 1. The Morgan fingerprint density at radius 2 is 1.88 bits per heavy atom. The number of amides is 1. The Balaban J connectivity index is 1.47. The Labute approximate surface area is 149 Å². The molecule has 3 aliphatic rings. The van der Waals surface area contributed by atoms with Crippen LogP contribution in [0.15, 0.2) is 0 Å². The number of hydrogen-bond acceptors (Lipinski definition) is 2. The zero-order valence-electron chi connectivity index (χ0n) is 14.7. The van der Waals surface area contributed by atoms with Crippen molar-refractivity contribution in [3.05, 3.63) is 11.3 Å². The molecule has 0 aromatic carbocycles. The standard InChI is InChI=1S/C18H23F4N3O/c1-10-14(5-11-7-17(19,20)8-11)24-25(13-3-2-4-13)16(10)23-15(26)6-12-9-18(12,21)22/h11-13H,2-9H2,1H3,(H,23,26). The van der Waals surface area contributed by atoms with Gasteiger partial charge in [-0.15, -0.1) is 0 Å². The number of nitrogens with zero attached hydrogens (tertiary/aromatic N) is 2. The number of alkyl halides is 4. The topological polar surface area (TPSA) is 46.9 Å². The van der Waals surface area contributed by atoms with Crippen LogP contribution in [0.4, 0.5) is 23.4 Å². The molecule has 4 nitrogen and oxygen atoms in total. The summed E-state index contributed by atoms with van der Waals surface area (Å²) in [7, 11) is 0. The molecule has 1 amide bonds. The van der Waals surface area contributed by atoms with Crippen molar-refractivity contribution in [2.45, 2.75) is 76.2 Å². The summed E-state index contributed by atoms with van der Waals surface area (Å²) >= 11 is 0. The number of halogens is 4. The quantitative estimate of drug-likeness (QED) is 0.747. The van der Waals surface area contributed by atoms with E-state index < -0.39 is 23.7 Å². The van der Waals surface area contributed by atoms with Gasteiger partial charge in [0.05, 0.1) is 11.7 Å². The molecule has 1 aromatic rings. The van der Waals surface area contributed by atoms with Crippen LogP contribution in [0.1, 0.15) is 62.2 Å². The van der Waals surface area contributed by atoms with Crippen LogP contribution in [0.3, 0.4) is 0 Å². The average Bonchev–Trinajstić information content (AvgIpc) is 2.94. The van der Waals surface area contributed by atoms with Crippen molar-refractivity contribution in [3.8, 4) is 0 Å². The van der Waals surface area contributed by atoms with Gasteiger partial charge in [0.1, 0.15) is 5.82 Å². The minimum atomic E-state index is -2.72. The zero-order chi connectivity index (χ0) is 18.7. The molecule has 3 saturated carbocycles. The molecule has 144 valence electrons. The first-order valence-corrected chi connectivity index (χ1v) is 9.28. The largest absolute Gasteiger partial charge is 0.311 e. The molecule has 0 aliphatic heterocycles. The maximum atomic E-state index is 13.1. The summed E-state index contributed by atoms with van der Waals surface area (Å²) in [6.07, 6.45) is 2.76. The molecule has 3 fully saturated rings. The molecule has 0 radical (unpaired) electrons. The van der Waals surface area contributed by atoms with Crippen LogP contribution in [0.5, 0.6) is 0 Å². The number of anilines is 1. The summed E-state index contributed by atoms with van der Waals surface area (Å²) in [5.74, 6) is -6.15. The second-order valence-corrected chi connectivity index (χ2v) is 8.20. The molecule has 0 saturated heterocycles. The first-order chi connectivity index (χ1) is 12.1. The molecule has 26 heavy (non-hydrogen) atoms. The van der Waals surface area contributed by atoms with Crippen molar-refractivity contribution in [1.29, 1.82) is 0 Å². The van der Waals surface area contributed by atoms with Gasteiger partial charge in [0.2, 0.25) is 11.8 Å². The summed E-state index contributed by atoms with van der Waals surface area (Å²) in [6, 6.07) is 0.183. The summed E-state index contributed by atoms with van der Waals surface area (Å²) in [5, 5.41) is 7.35. The van der Waals surface area contributed by atoms with Gasteiger partial charge in [-0.2, -0.15) is 5.10 Å². The average molecular weight is 373 g/mol. The van der Waals surface area contributed by atoms with Crippen LogP contribution in [-0.4, -0.2) is 27.5 Å². The molecule has 4 rings (SSSR count). The van der Waals surface area contributed by atoms with Gasteiger partial charge < -0.3 is 5.32 Å². The SMILES string of the molecule is Cc1c(CC2CC(F)(F)C2)nn(C2CCC2)c1NC(=O)CC1CC1(F)F. The summed E-state index contributed by atoms with van der Waals surface area (Å²) in [4.78, 5) is 12.2. The monoisotopic (exact) mass is 373 g/mol. The van der Waals surface area contributed by atoms with Crippen LogP contribution in [0.2, 0.25) is 0 Å².